The molecule has 0 atom stereocenters. The number of furan rings is 1. The summed E-state index contributed by atoms with van der Waals surface area (Å²) in [6.07, 6.45) is 1.26. The molecule has 0 amide bonds. The normalized spacial score (nSPS) is 10.7. The number of aromatic carboxylic acids is 1. The van der Waals surface area contributed by atoms with E-state index >= 15 is 0 Å². The molecule has 0 saturated heterocycles. The van der Waals surface area contributed by atoms with Crippen LogP contribution >= 0.6 is 0 Å². The molecule has 0 bridgehead atoms. The molecule has 2 rings (SSSR count). The molecule has 1 aromatic carbocycles. The van der Waals surface area contributed by atoms with E-state index in [0.29, 0.717) is 22.8 Å². The Morgan fingerprint density at radius 2 is 2.14 bits per heavy atom. The number of benzene rings is 1. The number of hydrogen-bond donors (Lipinski definition) is 2. The average Bonchev–Trinajstić information content (AvgIpc) is 2.95. The number of methoxy groups -OCH3 is 1. The summed E-state index contributed by atoms with van der Waals surface area (Å²) in [5.41, 5.74) is 0.646. The minimum absolute atomic E-state index is 0.0665. The van der Waals surface area contributed by atoms with E-state index in [2.05, 4.69) is 5.16 Å². The van der Waals surface area contributed by atoms with Crippen molar-refractivity contribution in [3.05, 3.63) is 47.4 Å². The van der Waals surface area contributed by atoms with E-state index in [1.165, 1.54) is 25.5 Å². The third-order valence-electron chi connectivity index (χ3n) is 2.64. The summed E-state index contributed by atoms with van der Waals surface area (Å²) in [6, 6.07) is 7.86. The van der Waals surface area contributed by atoms with Crippen LogP contribution in [0, 0.1) is 0 Å². The standard InChI is InChI=1S/C14H13NO6/c1-19-13-6-9(7-15-18)2-4-11(13)20-8-10-3-5-12(21-10)14(16)17/h2-7,18H,8H2,1H3,(H,16,17). The topological polar surface area (TPSA) is 101 Å². The number of nitrogens with zero attached hydrogens (tertiary/aromatic N) is 1. The van der Waals surface area contributed by atoms with Gasteiger partial charge in [-0.1, -0.05) is 5.16 Å². The number of ether oxygens (including phenoxy) is 2. The third-order valence-corrected chi connectivity index (χ3v) is 2.64. The van der Waals surface area contributed by atoms with Gasteiger partial charge in [-0.05, 0) is 30.3 Å². The molecule has 0 aliphatic heterocycles. The monoisotopic (exact) mass is 291 g/mol. The number of carboxylic acid groups (broad SMARTS) is 1. The fraction of sp³-hybridized carbons (Fsp3) is 0.143. The second kappa shape index (κ2) is 6.47. The SMILES string of the molecule is COc1cc(C=NO)ccc1OCc1ccc(C(=O)O)o1. The summed E-state index contributed by atoms with van der Waals surface area (Å²) >= 11 is 0. The van der Waals surface area contributed by atoms with Crippen molar-refractivity contribution in [1.29, 1.82) is 0 Å². The van der Waals surface area contributed by atoms with Gasteiger partial charge >= 0.3 is 5.97 Å². The largest absolute Gasteiger partial charge is 0.493 e. The number of hydrogen-bond acceptors (Lipinski definition) is 6. The van der Waals surface area contributed by atoms with Crippen LogP contribution in [0.2, 0.25) is 0 Å². The van der Waals surface area contributed by atoms with Crippen LogP contribution in [0.5, 0.6) is 11.5 Å². The molecule has 21 heavy (non-hydrogen) atoms. The van der Waals surface area contributed by atoms with Crippen molar-refractivity contribution in [2.75, 3.05) is 7.11 Å². The lowest BCUT2D eigenvalue weighted by molar-refractivity contribution is 0.0658. The number of carboxylic acids is 1. The van der Waals surface area contributed by atoms with E-state index in [1.807, 2.05) is 0 Å². The van der Waals surface area contributed by atoms with Crippen molar-refractivity contribution in [3.63, 3.8) is 0 Å². The van der Waals surface area contributed by atoms with Crippen LogP contribution in [0.25, 0.3) is 0 Å². The van der Waals surface area contributed by atoms with Gasteiger partial charge in [-0.2, -0.15) is 0 Å². The first-order valence-corrected chi connectivity index (χ1v) is 5.94. The highest BCUT2D eigenvalue weighted by molar-refractivity contribution is 5.84. The van der Waals surface area contributed by atoms with Gasteiger partial charge in [0.2, 0.25) is 5.76 Å². The summed E-state index contributed by atoms with van der Waals surface area (Å²) in [4.78, 5) is 10.7. The molecular formula is C14H13NO6. The van der Waals surface area contributed by atoms with Crippen LogP contribution in [0.15, 0.2) is 39.9 Å². The summed E-state index contributed by atoms with van der Waals surface area (Å²) in [7, 11) is 1.48. The Morgan fingerprint density at radius 1 is 1.33 bits per heavy atom. The van der Waals surface area contributed by atoms with Gasteiger partial charge in [-0.25, -0.2) is 4.79 Å². The van der Waals surface area contributed by atoms with E-state index in [0.717, 1.165) is 0 Å². The summed E-state index contributed by atoms with van der Waals surface area (Å²) < 4.78 is 15.8. The van der Waals surface area contributed by atoms with Gasteiger partial charge in [0, 0.05) is 5.56 Å². The smallest absolute Gasteiger partial charge is 0.371 e. The molecule has 7 heteroatoms. The predicted octanol–water partition coefficient (Wildman–Crippen LogP) is 2.37. The maximum atomic E-state index is 10.7. The second-order valence-electron chi connectivity index (χ2n) is 4.01. The Labute approximate surface area is 120 Å². The zero-order valence-corrected chi connectivity index (χ0v) is 11.1. The Kier molecular flexibility index (Phi) is 4.45. The Balaban J connectivity index is 2.09. The highest BCUT2D eigenvalue weighted by Crippen LogP contribution is 2.28. The van der Waals surface area contributed by atoms with E-state index in [-0.39, 0.29) is 12.4 Å². The van der Waals surface area contributed by atoms with E-state index in [4.69, 9.17) is 24.2 Å². The highest BCUT2D eigenvalue weighted by atomic mass is 16.5. The summed E-state index contributed by atoms with van der Waals surface area (Å²) in [5, 5.41) is 20.2. The van der Waals surface area contributed by atoms with Crippen LogP contribution in [0.1, 0.15) is 21.9 Å². The van der Waals surface area contributed by atoms with Gasteiger partial charge in [-0.3, -0.25) is 0 Å². The second-order valence-corrected chi connectivity index (χ2v) is 4.01. The van der Waals surface area contributed by atoms with Crippen LogP contribution in [0.4, 0.5) is 0 Å². The molecular weight excluding hydrogens is 278 g/mol. The van der Waals surface area contributed by atoms with Gasteiger partial charge < -0.3 is 24.2 Å². The van der Waals surface area contributed by atoms with Gasteiger partial charge in [0.05, 0.1) is 13.3 Å². The first-order chi connectivity index (χ1) is 10.1. The molecule has 0 spiro atoms. The third kappa shape index (κ3) is 3.53. The van der Waals surface area contributed by atoms with Crippen LogP contribution in [0.3, 0.4) is 0 Å². The summed E-state index contributed by atoms with van der Waals surface area (Å²) in [5.74, 6) is 0.0234. The minimum atomic E-state index is -1.13. The lowest BCUT2D eigenvalue weighted by atomic mass is 10.2. The van der Waals surface area contributed by atoms with Crippen molar-refractivity contribution in [2.45, 2.75) is 6.61 Å². The zero-order valence-electron chi connectivity index (χ0n) is 11.1. The van der Waals surface area contributed by atoms with Crippen molar-refractivity contribution in [3.8, 4) is 11.5 Å². The van der Waals surface area contributed by atoms with Gasteiger partial charge in [0.15, 0.2) is 11.5 Å². The van der Waals surface area contributed by atoms with Crippen molar-refractivity contribution in [1.82, 2.24) is 0 Å². The van der Waals surface area contributed by atoms with Crippen molar-refractivity contribution >= 4 is 12.2 Å². The number of rotatable bonds is 6. The molecule has 2 aromatic rings. The predicted molar refractivity (Wildman–Crippen MR) is 72.4 cm³/mol. The number of carbonyl (C=O) groups is 1. The molecule has 0 aliphatic carbocycles. The molecule has 2 N–H and O–H groups in total. The highest BCUT2D eigenvalue weighted by Gasteiger charge is 2.11. The molecule has 7 nitrogen and oxygen atoms in total. The van der Waals surface area contributed by atoms with Gasteiger partial charge in [-0.15, -0.1) is 0 Å². The Hall–Kier alpha value is -2.96. The Bertz CT molecular complexity index is 661. The van der Waals surface area contributed by atoms with Crippen molar-refractivity contribution in [2.24, 2.45) is 5.16 Å². The van der Waals surface area contributed by atoms with Gasteiger partial charge in [0.25, 0.3) is 0 Å². The van der Waals surface area contributed by atoms with Gasteiger partial charge in [0.1, 0.15) is 12.4 Å². The molecule has 1 heterocycles. The molecule has 110 valence electrons. The summed E-state index contributed by atoms with van der Waals surface area (Å²) in [6.45, 7) is 0.0665. The fourth-order valence-electron chi connectivity index (χ4n) is 1.67. The van der Waals surface area contributed by atoms with E-state index < -0.39 is 5.97 Å². The maximum absolute atomic E-state index is 10.7. The molecule has 0 aliphatic rings. The first kappa shape index (κ1) is 14.4. The van der Waals surface area contributed by atoms with Crippen LogP contribution in [-0.4, -0.2) is 29.6 Å². The van der Waals surface area contributed by atoms with Crippen LogP contribution in [-0.2, 0) is 6.61 Å². The Morgan fingerprint density at radius 3 is 2.76 bits per heavy atom. The molecule has 0 fully saturated rings. The minimum Gasteiger partial charge on any atom is -0.493 e. The molecule has 1 aromatic heterocycles. The van der Waals surface area contributed by atoms with Crippen LogP contribution < -0.4 is 9.47 Å². The first-order valence-electron chi connectivity index (χ1n) is 5.94. The lowest BCUT2D eigenvalue weighted by Crippen LogP contribution is -1.98. The lowest BCUT2D eigenvalue weighted by Gasteiger charge is -2.10. The molecule has 0 saturated carbocycles. The quantitative estimate of drug-likeness (QED) is 0.481. The number of oxime groups is 1. The molecule has 0 unspecified atom stereocenters. The van der Waals surface area contributed by atoms with E-state index in [1.54, 1.807) is 18.2 Å². The molecule has 0 radical (unpaired) electrons. The fourth-order valence-corrected chi connectivity index (χ4v) is 1.67. The zero-order chi connectivity index (χ0) is 15.2. The van der Waals surface area contributed by atoms with E-state index in [9.17, 15) is 4.79 Å². The van der Waals surface area contributed by atoms with Crippen molar-refractivity contribution < 1.29 is 29.0 Å². The average molecular weight is 291 g/mol. The maximum Gasteiger partial charge on any atom is 0.371 e.